The van der Waals surface area contributed by atoms with E-state index in [2.05, 4.69) is 28.1 Å². The first-order chi connectivity index (χ1) is 14.2. The Bertz CT molecular complexity index is 802. The lowest BCUT2D eigenvalue weighted by molar-refractivity contribution is -1.02. The number of H-pyrrole nitrogens is 1. The van der Waals surface area contributed by atoms with Gasteiger partial charge in [0.2, 0.25) is 0 Å². The van der Waals surface area contributed by atoms with E-state index in [1.165, 1.54) is 10.5 Å². The van der Waals surface area contributed by atoms with Crippen molar-refractivity contribution in [3.63, 3.8) is 0 Å². The van der Waals surface area contributed by atoms with Gasteiger partial charge in [0.1, 0.15) is 45.8 Å². The molecular weight excluding hydrogens is 386 g/mol. The third-order valence-electron chi connectivity index (χ3n) is 6.07. The number of nitrogens with zero attached hydrogens (tertiary/aromatic N) is 2. The van der Waals surface area contributed by atoms with E-state index in [1.54, 1.807) is 4.90 Å². The first-order valence-corrected chi connectivity index (χ1v) is 11.0. The third-order valence-corrected chi connectivity index (χ3v) is 6.31. The molecule has 6 nitrogen and oxygen atoms in total. The smallest absolute Gasteiger partial charge is 0.278 e. The van der Waals surface area contributed by atoms with Gasteiger partial charge in [0.05, 0.1) is 19.3 Å². The number of rotatable bonds is 5. The average molecular weight is 417 g/mol. The summed E-state index contributed by atoms with van der Waals surface area (Å²) in [6.07, 6.45) is 1.95. The average Bonchev–Trinajstić information content (AvgIpc) is 2.76. The molecule has 2 fully saturated rings. The van der Waals surface area contributed by atoms with Gasteiger partial charge in [0.25, 0.3) is 11.7 Å². The molecule has 154 valence electrons. The lowest BCUT2D eigenvalue weighted by Crippen LogP contribution is -3.28. The predicted molar refractivity (Wildman–Crippen MR) is 113 cm³/mol. The maximum atomic E-state index is 12.8. The van der Waals surface area contributed by atoms with Crippen LogP contribution in [0.5, 0.6) is 0 Å². The molecule has 1 aromatic heterocycles. The third kappa shape index (κ3) is 5.47. The van der Waals surface area contributed by atoms with Gasteiger partial charge in [-0.1, -0.05) is 29.8 Å². The number of benzene rings is 1. The number of carbonyl (C=O) groups excluding carboxylic acids is 1. The SMILES string of the molecule is O=C(C[NH+]1CC[NH+](Cc2cccc(Cl)c2)CC1)N1CCN(c2cccc[nH+]2)CC1. The van der Waals surface area contributed by atoms with E-state index in [1.807, 2.05) is 35.4 Å². The van der Waals surface area contributed by atoms with Crippen molar-refractivity contribution in [2.24, 2.45) is 0 Å². The fourth-order valence-corrected chi connectivity index (χ4v) is 4.56. The van der Waals surface area contributed by atoms with Crippen LogP contribution in [0.3, 0.4) is 0 Å². The number of piperazine rings is 2. The molecule has 2 aliphatic rings. The number of hydrogen-bond acceptors (Lipinski definition) is 2. The molecule has 0 radical (unpaired) electrons. The predicted octanol–water partition coefficient (Wildman–Crippen LogP) is -1.21. The van der Waals surface area contributed by atoms with Crippen molar-refractivity contribution >= 4 is 23.3 Å². The maximum Gasteiger partial charge on any atom is 0.278 e. The summed E-state index contributed by atoms with van der Waals surface area (Å²) < 4.78 is 0. The Morgan fingerprint density at radius 2 is 1.72 bits per heavy atom. The van der Waals surface area contributed by atoms with Crippen LogP contribution < -0.4 is 19.7 Å². The molecule has 2 saturated heterocycles. The molecule has 0 spiro atoms. The zero-order valence-corrected chi connectivity index (χ0v) is 17.6. The van der Waals surface area contributed by atoms with Gasteiger partial charge in [-0.2, -0.15) is 0 Å². The van der Waals surface area contributed by atoms with Gasteiger partial charge in [-0.15, -0.1) is 0 Å². The number of halogens is 1. The Morgan fingerprint density at radius 3 is 2.41 bits per heavy atom. The summed E-state index contributed by atoms with van der Waals surface area (Å²) in [4.78, 5) is 23.4. The number of carbonyl (C=O) groups is 1. The Balaban J connectivity index is 1.19. The number of nitrogens with one attached hydrogen (secondary N) is 3. The molecular formula is C22H31ClN5O+3. The summed E-state index contributed by atoms with van der Waals surface area (Å²) in [7, 11) is 0. The maximum absolute atomic E-state index is 12.8. The lowest BCUT2D eigenvalue weighted by Gasteiger charge is -2.33. The lowest BCUT2D eigenvalue weighted by atomic mass is 10.2. The Kier molecular flexibility index (Phi) is 6.64. The summed E-state index contributed by atoms with van der Waals surface area (Å²) >= 11 is 6.10. The monoisotopic (exact) mass is 416 g/mol. The highest BCUT2D eigenvalue weighted by Gasteiger charge is 2.30. The molecule has 1 amide bonds. The van der Waals surface area contributed by atoms with Crippen LogP contribution in [0.2, 0.25) is 5.02 Å². The molecule has 3 N–H and O–H groups in total. The van der Waals surface area contributed by atoms with Gasteiger partial charge in [0.15, 0.2) is 6.54 Å². The fraction of sp³-hybridized carbons (Fsp3) is 0.455. The number of amides is 1. The second kappa shape index (κ2) is 9.57. The molecule has 0 aliphatic carbocycles. The summed E-state index contributed by atoms with van der Waals surface area (Å²) in [5, 5.41) is 0.807. The van der Waals surface area contributed by atoms with Gasteiger partial charge in [0, 0.05) is 16.7 Å². The van der Waals surface area contributed by atoms with Crippen LogP contribution in [0.25, 0.3) is 0 Å². The Morgan fingerprint density at radius 1 is 0.966 bits per heavy atom. The standard InChI is InChI=1S/C22H28ClN5O/c23-20-5-3-4-19(16-20)17-25-8-10-26(11-9-25)18-22(29)28-14-12-27(13-15-28)21-6-1-2-7-24-21/h1-7,16H,8-15,17-18H2/p+3. The van der Waals surface area contributed by atoms with E-state index < -0.39 is 0 Å². The van der Waals surface area contributed by atoms with Crippen molar-refractivity contribution in [1.82, 2.24) is 4.90 Å². The minimum Gasteiger partial charge on any atom is -0.330 e. The molecule has 7 heteroatoms. The van der Waals surface area contributed by atoms with E-state index in [4.69, 9.17) is 11.6 Å². The van der Waals surface area contributed by atoms with Gasteiger partial charge in [-0.3, -0.25) is 9.69 Å². The molecule has 2 aliphatic heterocycles. The summed E-state index contributed by atoms with van der Waals surface area (Å²) in [5.74, 6) is 1.43. The summed E-state index contributed by atoms with van der Waals surface area (Å²) in [5.41, 5.74) is 1.29. The zero-order chi connectivity index (χ0) is 20.1. The van der Waals surface area contributed by atoms with Gasteiger partial charge < -0.3 is 14.7 Å². The quantitative estimate of drug-likeness (QED) is 0.642. The Labute approximate surface area is 177 Å². The zero-order valence-electron chi connectivity index (χ0n) is 16.9. The molecule has 2 aromatic rings. The minimum absolute atomic E-state index is 0.301. The number of aromatic nitrogens is 1. The highest BCUT2D eigenvalue weighted by Crippen LogP contribution is 2.10. The van der Waals surface area contributed by atoms with Crippen LogP contribution in [-0.2, 0) is 11.3 Å². The van der Waals surface area contributed by atoms with Crippen molar-refractivity contribution in [3.05, 3.63) is 59.2 Å². The van der Waals surface area contributed by atoms with E-state index in [-0.39, 0.29) is 0 Å². The molecule has 0 atom stereocenters. The van der Waals surface area contributed by atoms with Crippen molar-refractivity contribution in [2.75, 3.05) is 63.8 Å². The number of pyridine rings is 1. The van der Waals surface area contributed by atoms with Gasteiger partial charge in [-0.05, 0) is 18.2 Å². The van der Waals surface area contributed by atoms with Crippen molar-refractivity contribution in [3.8, 4) is 0 Å². The second-order valence-electron chi connectivity index (χ2n) is 8.10. The summed E-state index contributed by atoms with van der Waals surface area (Å²) in [6.45, 7) is 9.35. The van der Waals surface area contributed by atoms with Crippen LogP contribution in [-0.4, -0.2) is 69.7 Å². The van der Waals surface area contributed by atoms with Crippen LogP contribution in [0.4, 0.5) is 5.82 Å². The van der Waals surface area contributed by atoms with E-state index >= 15 is 0 Å². The number of aromatic amines is 1. The van der Waals surface area contributed by atoms with Crippen LogP contribution in [0.15, 0.2) is 48.7 Å². The number of hydrogen-bond donors (Lipinski definition) is 2. The first kappa shape index (κ1) is 20.1. The van der Waals surface area contributed by atoms with Gasteiger partial charge >= 0.3 is 0 Å². The minimum atomic E-state index is 0.301. The number of quaternary nitrogens is 2. The van der Waals surface area contributed by atoms with Crippen molar-refractivity contribution in [1.29, 1.82) is 0 Å². The summed E-state index contributed by atoms with van der Waals surface area (Å²) in [6, 6.07) is 14.3. The van der Waals surface area contributed by atoms with Gasteiger partial charge in [-0.25, -0.2) is 4.98 Å². The fourth-order valence-electron chi connectivity index (χ4n) is 4.35. The molecule has 4 rings (SSSR count). The second-order valence-corrected chi connectivity index (χ2v) is 8.54. The van der Waals surface area contributed by atoms with Crippen LogP contribution >= 0.6 is 11.6 Å². The molecule has 29 heavy (non-hydrogen) atoms. The van der Waals surface area contributed by atoms with Crippen LogP contribution in [0.1, 0.15) is 5.56 Å². The molecule has 1 aromatic carbocycles. The molecule has 0 saturated carbocycles. The topological polar surface area (TPSA) is 46.6 Å². The molecule has 0 bridgehead atoms. The normalized spacial score (nSPS) is 22.5. The highest BCUT2D eigenvalue weighted by molar-refractivity contribution is 6.30. The molecule has 3 heterocycles. The number of anilines is 1. The Hall–Kier alpha value is -2.15. The van der Waals surface area contributed by atoms with Crippen LogP contribution in [0, 0.1) is 0 Å². The van der Waals surface area contributed by atoms with E-state index in [9.17, 15) is 4.79 Å². The first-order valence-electron chi connectivity index (χ1n) is 10.6. The van der Waals surface area contributed by atoms with E-state index in [0.717, 1.165) is 69.7 Å². The highest BCUT2D eigenvalue weighted by atomic mass is 35.5. The van der Waals surface area contributed by atoms with E-state index in [0.29, 0.717) is 12.5 Å². The largest absolute Gasteiger partial charge is 0.330 e. The molecule has 0 unspecified atom stereocenters. The van der Waals surface area contributed by atoms with Crippen molar-refractivity contribution in [2.45, 2.75) is 6.54 Å². The van der Waals surface area contributed by atoms with Crippen molar-refractivity contribution < 1.29 is 19.6 Å².